The van der Waals surface area contributed by atoms with Crippen molar-refractivity contribution < 1.29 is 4.79 Å². The van der Waals surface area contributed by atoms with Gasteiger partial charge in [-0.2, -0.15) is 10.2 Å². The molecule has 0 saturated carbocycles. The number of anilines is 1. The van der Waals surface area contributed by atoms with Gasteiger partial charge in [0.2, 0.25) is 0 Å². The predicted octanol–water partition coefficient (Wildman–Crippen LogP) is 5.37. The van der Waals surface area contributed by atoms with Gasteiger partial charge in [0.05, 0.1) is 46.1 Å². The summed E-state index contributed by atoms with van der Waals surface area (Å²) in [6, 6.07) is 17.8. The monoisotopic (exact) mass is 464 g/mol. The number of aromatic nitrogens is 5. The summed E-state index contributed by atoms with van der Waals surface area (Å²) >= 11 is 0. The number of carbonyl (C=O) groups is 1. The van der Waals surface area contributed by atoms with Gasteiger partial charge in [-0.05, 0) is 51.0 Å². The molecule has 3 aromatic heterocycles. The van der Waals surface area contributed by atoms with E-state index in [-0.39, 0.29) is 5.91 Å². The number of pyridine rings is 1. The number of nitrogens with one attached hydrogen (secondary N) is 1. The van der Waals surface area contributed by atoms with Crippen LogP contribution < -0.4 is 5.32 Å². The van der Waals surface area contributed by atoms with Gasteiger partial charge in [-0.15, -0.1) is 0 Å². The standard InChI is InChI=1S/C28H28N6O/c1-17-10-6-7-11-21(17)15-34-20(4)27(19(3)32-34)30-28(35)23-14-26(24-16-33(5)31-18(24)2)29-25-13-9-8-12-22(23)25/h6-14,16H,15H2,1-5H3,(H,30,35). The largest absolute Gasteiger partial charge is 0.319 e. The van der Waals surface area contributed by atoms with E-state index in [1.54, 1.807) is 4.68 Å². The summed E-state index contributed by atoms with van der Waals surface area (Å²) in [5, 5.41) is 13.1. The van der Waals surface area contributed by atoms with Gasteiger partial charge in [0.25, 0.3) is 5.91 Å². The lowest BCUT2D eigenvalue weighted by Gasteiger charge is -2.11. The summed E-state index contributed by atoms with van der Waals surface area (Å²) in [5.41, 5.74) is 8.69. The zero-order chi connectivity index (χ0) is 24.7. The van der Waals surface area contributed by atoms with Crippen LogP contribution in [0.3, 0.4) is 0 Å². The first-order valence-electron chi connectivity index (χ1n) is 11.6. The van der Waals surface area contributed by atoms with E-state index in [1.165, 1.54) is 11.1 Å². The van der Waals surface area contributed by atoms with Crippen molar-refractivity contribution in [2.75, 3.05) is 5.32 Å². The van der Waals surface area contributed by atoms with Crippen LogP contribution in [0.5, 0.6) is 0 Å². The topological polar surface area (TPSA) is 77.6 Å². The molecule has 5 aromatic rings. The van der Waals surface area contributed by atoms with Crippen molar-refractivity contribution in [2.45, 2.75) is 34.2 Å². The Hall–Kier alpha value is -4.26. The second kappa shape index (κ2) is 8.83. The zero-order valence-electron chi connectivity index (χ0n) is 20.6. The van der Waals surface area contributed by atoms with Gasteiger partial charge in [-0.25, -0.2) is 4.98 Å². The van der Waals surface area contributed by atoms with Crippen molar-refractivity contribution >= 4 is 22.5 Å². The fourth-order valence-electron chi connectivity index (χ4n) is 4.51. The third-order valence-corrected chi connectivity index (χ3v) is 6.45. The number of carbonyl (C=O) groups excluding carboxylic acids is 1. The maximum absolute atomic E-state index is 13.6. The van der Waals surface area contributed by atoms with E-state index in [0.717, 1.165) is 44.9 Å². The number of amides is 1. The quantitative estimate of drug-likeness (QED) is 0.380. The molecule has 35 heavy (non-hydrogen) atoms. The lowest BCUT2D eigenvalue weighted by atomic mass is 10.0. The molecule has 0 aliphatic carbocycles. The van der Waals surface area contributed by atoms with Gasteiger partial charge in [0, 0.05) is 24.2 Å². The molecule has 7 nitrogen and oxygen atoms in total. The minimum absolute atomic E-state index is 0.187. The number of nitrogens with zero attached hydrogens (tertiary/aromatic N) is 5. The van der Waals surface area contributed by atoms with Gasteiger partial charge in [-0.3, -0.25) is 14.2 Å². The summed E-state index contributed by atoms with van der Waals surface area (Å²) in [4.78, 5) is 18.4. The molecule has 0 unspecified atom stereocenters. The SMILES string of the molecule is Cc1ccccc1Cn1nc(C)c(NC(=O)c2cc(-c3cn(C)nc3C)nc3ccccc23)c1C. The number of hydrogen-bond donors (Lipinski definition) is 1. The Labute approximate surface area is 204 Å². The first-order valence-corrected chi connectivity index (χ1v) is 11.6. The number of para-hydroxylation sites is 1. The van der Waals surface area contributed by atoms with Crippen molar-refractivity contribution in [1.82, 2.24) is 24.5 Å². The van der Waals surface area contributed by atoms with Gasteiger partial charge in [0.15, 0.2) is 0 Å². The molecule has 3 heterocycles. The number of benzene rings is 2. The van der Waals surface area contributed by atoms with Gasteiger partial charge in [0.1, 0.15) is 0 Å². The third kappa shape index (κ3) is 4.21. The Morgan fingerprint density at radius 3 is 2.43 bits per heavy atom. The van der Waals surface area contributed by atoms with Crippen LogP contribution in [0, 0.1) is 27.7 Å². The van der Waals surface area contributed by atoms with Crippen LogP contribution in [-0.4, -0.2) is 30.5 Å². The Morgan fingerprint density at radius 1 is 0.943 bits per heavy atom. The normalized spacial score (nSPS) is 11.2. The van der Waals surface area contributed by atoms with Crippen molar-refractivity contribution in [2.24, 2.45) is 7.05 Å². The highest BCUT2D eigenvalue weighted by atomic mass is 16.1. The van der Waals surface area contributed by atoms with Crippen molar-refractivity contribution in [1.29, 1.82) is 0 Å². The summed E-state index contributed by atoms with van der Waals surface area (Å²) in [6.45, 7) is 8.61. The Kier molecular flexibility index (Phi) is 5.68. The van der Waals surface area contributed by atoms with E-state index in [2.05, 4.69) is 29.5 Å². The maximum Gasteiger partial charge on any atom is 0.256 e. The average molecular weight is 465 g/mol. The second-order valence-corrected chi connectivity index (χ2v) is 8.96. The smallest absolute Gasteiger partial charge is 0.256 e. The van der Waals surface area contributed by atoms with Gasteiger partial charge in [-0.1, -0.05) is 42.5 Å². The van der Waals surface area contributed by atoms with Crippen LogP contribution in [0.1, 0.15) is 38.6 Å². The highest BCUT2D eigenvalue weighted by molar-refractivity contribution is 6.13. The van der Waals surface area contributed by atoms with Crippen LogP contribution in [-0.2, 0) is 13.6 Å². The molecule has 0 radical (unpaired) electrons. The van der Waals surface area contributed by atoms with Crippen LogP contribution >= 0.6 is 0 Å². The molecule has 0 spiro atoms. The van der Waals surface area contributed by atoms with E-state index in [9.17, 15) is 4.79 Å². The molecule has 1 N–H and O–H groups in total. The minimum Gasteiger partial charge on any atom is -0.319 e. The van der Waals surface area contributed by atoms with Crippen molar-refractivity contribution in [3.63, 3.8) is 0 Å². The lowest BCUT2D eigenvalue weighted by Crippen LogP contribution is -2.14. The highest BCUT2D eigenvalue weighted by Gasteiger charge is 2.20. The Balaban J connectivity index is 1.52. The van der Waals surface area contributed by atoms with Crippen LogP contribution in [0.25, 0.3) is 22.2 Å². The van der Waals surface area contributed by atoms with E-state index >= 15 is 0 Å². The lowest BCUT2D eigenvalue weighted by molar-refractivity contribution is 0.102. The molecule has 0 saturated heterocycles. The molecule has 0 fully saturated rings. The van der Waals surface area contributed by atoms with E-state index in [1.807, 2.05) is 81.2 Å². The molecular weight excluding hydrogens is 436 g/mol. The first-order chi connectivity index (χ1) is 16.8. The minimum atomic E-state index is -0.187. The van der Waals surface area contributed by atoms with Gasteiger partial charge >= 0.3 is 0 Å². The number of rotatable bonds is 5. The maximum atomic E-state index is 13.6. The molecule has 7 heteroatoms. The van der Waals surface area contributed by atoms with E-state index < -0.39 is 0 Å². The molecule has 0 bridgehead atoms. The van der Waals surface area contributed by atoms with Crippen LogP contribution in [0.15, 0.2) is 60.8 Å². The van der Waals surface area contributed by atoms with Crippen LogP contribution in [0.4, 0.5) is 5.69 Å². The number of hydrogen-bond acceptors (Lipinski definition) is 4. The average Bonchev–Trinajstić information content (AvgIpc) is 3.31. The van der Waals surface area contributed by atoms with Gasteiger partial charge < -0.3 is 5.32 Å². The van der Waals surface area contributed by atoms with Crippen molar-refractivity contribution in [3.05, 3.63) is 94.6 Å². The Morgan fingerprint density at radius 2 is 1.69 bits per heavy atom. The zero-order valence-corrected chi connectivity index (χ0v) is 20.6. The molecule has 0 atom stereocenters. The molecule has 0 aliphatic rings. The molecule has 2 aromatic carbocycles. The summed E-state index contributed by atoms with van der Waals surface area (Å²) in [5.74, 6) is -0.187. The molecule has 176 valence electrons. The summed E-state index contributed by atoms with van der Waals surface area (Å²) in [7, 11) is 1.88. The molecule has 5 rings (SSSR count). The predicted molar refractivity (Wildman–Crippen MR) is 139 cm³/mol. The summed E-state index contributed by atoms with van der Waals surface area (Å²) in [6.07, 6.45) is 1.93. The summed E-state index contributed by atoms with van der Waals surface area (Å²) < 4.78 is 3.71. The molecular formula is C28H28N6O. The van der Waals surface area contributed by atoms with E-state index in [0.29, 0.717) is 12.1 Å². The molecule has 1 amide bonds. The number of aryl methyl sites for hydroxylation is 4. The van der Waals surface area contributed by atoms with E-state index in [4.69, 9.17) is 10.1 Å². The first kappa shape index (κ1) is 22.5. The second-order valence-electron chi connectivity index (χ2n) is 8.96. The fourth-order valence-corrected chi connectivity index (χ4v) is 4.51. The fraction of sp³-hybridized carbons (Fsp3) is 0.214. The van der Waals surface area contributed by atoms with Crippen molar-refractivity contribution in [3.8, 4) is 11.3 Å². The Bertz CT molecular complexity index is 1580. The number of fused-ring (bicyclic) bond motifs is 1. The highest BCUT2D eigenvalue weighted by Crippen LogP contribution is 2.28. The van der Waals surface area contributed by atoms with Crippen LogP contribution in [0.2, 0.25) is 0 Å². The molecule has 0 aliphatic heterocycles. The third-order valence-electron chi connectivity index (χ3n) is 6.45.